The molecule has 0 saturated carbocycles. The van der Waals surface area contributed by atoms with Crippen molar-refractivity contribution >= 4 is 34.1 Å². The van der Waals surface area contributed by atoms with Gasteiger partial charge in [-0.25, -0.2) is 9.67 Å². The Kier molecular flexibility index (Phi) is 10.5. The Labute approximate surface area is 296 Å². The Bertz CT molecular complexity index is 1880. The quantitative estimate of drug-likeness (QED) is 0.140. The molecule has 2 atom stereocenters. The van der Waals surface area contributed by atoms with Crippen LogP contribution in [-0.2, 0) is 27.9 Å². The first-order valence-electron chi connectivity index (χ1n) is 17.5. The Morgan fingerprint density at radius 2 is 1.84 bits per heavy atom. The maximum atomic E-state index is 14.2. The zero-order valence-corrected chi connectivity index (χ0v) is 29.6. The van der Waals surface area contributed by atoms with Crippen molar-refractivity contribution < 1.29 is 14.1 Å². The summed E-state index contributed by atoms with van der Waals surface area (Å²) in [5.74, 6) is 0.809. The minimum atomic E-state index is -1.33. The average Bonchev–Trinajstić information content (AvgIpc) is 3.92. The average molecular weight is 696 g/mol. The molecule has 0 spiro atoms. The number of nitrogens with zero attached hydrogens (tertiary/aromatic N) is 8. The van der Waals surface area contributed by atoms with E-state index in [2.05, 4.69) is 72.8 Å². The molecular formula is C37H45N9O3S. The summed E-state index contributed by atoms with van der Waals surface area (Å²) in [5.41, 5.74) is 4.31. The number of benzene rings is 3. The van der Waals surface area contributed by atoms with Crippen molar-refractivity contribution in [1.82, 2.24) is 39.6 Å². The van der Waals surface area contributed by atoms with Crippen LogP contribution in [-0.4, -0.2) is 108 Å². The first-order chi connectivity index (χ1) is 24.4. The summed E-state index contributed by atoms with van der Waals surface area (Å²) < 4.78 is 22.2. The summed E-state index contributed by atoms with van der Waals surface area (Å²) >= 11 is -1.33. The molecule has 5 aromatic rings. The number of rotatable bonds is 13. The number of carbonyl (C=O) groups is 1. The normalized spacial score (nSPS) is 19.3. The monoisotopic (exact) mass is 695 g/mol. The number of nitrogens with one attached hydrogen (secondary N) is 1. The number of carbonyl (C=O) groups excluding carboxylic acids is 1. The zero-order chi connectivity index (χ0) is 34.5. The molecule has 0 radical (unpaired) electrons. The predicted octanol–water partition coefficient (Wildman–Crippen LogP) is 4.54. The third kappa shape index (κ3) is 7.27. The number of hydrogen-bond acceptors (Lipinski definition) is 9. The zero-order valence-electron chi connectivity index (χ0n) is 28.8. The molecule has 0 bridgehead atoms. The molecule has 2 unspecified atom stereocenters. The lowest BCUT2D eigenvalue weighted by atomic mass is 9.76. The van der Waals surface area contributed by atoms with Gasteiger partial charge in [-0.1, -0.05) is 42.5 Å². The summed E-state index contributed by atoms with van der Waals surface area (Å²) in [7, 11) is 0. The number of amides is 1. The van der Waals surface area contributed by atoms with E-state index in [1.165, 1.54) is 16.6 Å². The van der Waals surface area contributed by atoms with Gasteiger partial charge >= 0.3 is 0 Å². The lowest BCUT2D eigenvalue weighted by molar-refractivity contribution is 0.0776. The molecule has 0 aliphatic carbocycles. The largest absolute Gasteiger partial charge is 0.612 e. The molecule has 4 heterocycles. The lowest BCUT2D eigenvalue weighted by Crippen LogP contribution is -2.42. The van der Waals surface area contributed by atoms with Gasteiger partial charge in [-0.2, -0.15) is 0 Å². The van der Waals surface area contributed by atoms with E-state index in [0.29, 0.717) is 48.5 Å². The van der Waals surface area contributed by atoms with Crippen LogP contribution in [0.1, 0.15) is 48.5 Å². The van der Waals surface area contributed by atoms with Crippen molar-refractivity contribution in [1.29, 1.82) is 0 Å². The van der Waals surface area contributed by atoms with E-state index in [4.69, 9.17) is 9.72 Å². The van der Waals surface area contributed by atoms with Gasteiger partial charge in [-0.3, -0.25) is 4.79 Å². The molecule has 1 N–H and O–H groups in total. The highest BCUT2D eigenvalue weighted by Gasteiger charge is 2.42. The van der Waals surface area contributed by atoms with Crippen LogP contribution in [0.15, 0.2) is 84.0 Å². The first-order valence-corrected chi connectivity index (χ1v) is 19.1. The second-order valence-electron chi connectivity index (χ2n) is 13.3. The van der Waals surface area contributed by atoms with Crippen LogP contribution in [0.4, 0.5) is 5.95 Å². The van der Waals surface area contributed by atoms with E-state index in [0.717, 1.165) is 68.8 Å². The van der Waals surface area contributed by atoms with Gasteiger partial charge < -0.3 is 29.0 Å². The van der Waals surface area contributed by atoms with Crippen LogP contribution in [0.5, 0.6) is 0 Å². The molecule has 3 aromatic carbocycles. The van der Waals surface area contributed by atoms with Crippen molar-refractivity contribution in [3.05, 3.63) is 90.3 Å². The lowest BCUT2D eigenvalue weighted by Gasteiger charge is -2.36. The predicted molar refractivity (Wildman–Crippen MR) is 194 cm³/mol. The molecule has 2 aromatic heterocycles. The third-order valence-corrected chi connectivity index (χ3v) is 11.3. The highest BCUT2D eigenvalue weighted by atomic mass is 32.2. The first kappa shape index (κ1) is 34.2. The van der Waals surface area contributed by atoms with E-state index in [-0.39, 0.29) is 11.3 Å². The third-order valence-electron chi connectivity index (χ3n) is 10.3. The smallest absolute Gasteiger partial charge is 0.259 e. The molecule has 7 rings (SSSR count). The van der Waals surface area contributed by atoms with Gasteiger partial charge in [-0.15, -0.1) is 5.10 Å². The molecule has 12 nitrogen and oxygen atoms in total. The summed E-state index contributed by atoms with van der Waals surface area (Å²) in [4.78, 5) is 24.1. The van der Waals surface area contributed by atoms with Gasteiger partial charge in [0.05, 0.1) is 28.9 Å². The van der Waals surface area contributed by atoms with Gasteiger partial charge in [0.15, 0.2) is 4.90 Å². The van der Waals surface area contributed by atoms with E-state index >= 15 is 0 Å². The van der Waals surface area contributed by atoms with Gasteiger partial charge in [0.1, 0.15) is 12.6 Å². The van der Waals surface area contributed by atoms with Crippen LogP contribution in [0.25, 0.3) is 16.7 Å². The Hall–Kier alpha value is -4.30. The van der Waals surface area contributed by atoms with Crippen LogP contribution in [0.3, 0.4) is 0 Å². The Morgan fingerprint density at radius 1 is 1.04 bits per heavy atom. The number of hydrogen-bond donors (Lipinski definition) is 1. The number of piperidine rings is 1. The molecule has 2 aliphatic rings. The van der Waals surface area contributed by atoms with Crippen molar-refractivity contribution in [2.75, 3.05) is 57.5 Å². The fourth-order valence-electron chi connectivity index (χ4n) is 7.52. The summed E-state index contributed by atoms with van der Waals surface area (Å²) in [6.45, 7) is 8.34. The summed E-state index contributed by atoms with van der Waals surface area (Å²) in [5, 5.41) is 15.2. The van der Waals surface area contributed by atoms with Crippen molar-refractivity contribution in [2.24, 2.45) is 0 Å². The number of para-hydroxylation sites is 2. The number of likely N-dealkylation sites (tertiary alicyclic amines) is 2. The molecular weight excluding hydrogens is 651 g/mol. The highest BCUT2D eigenvalue weighted by Crippen LogP contribution is 2.39. The molecule has 1 amide bonds. The fraction of sp³-hybridized carbons (Fsp3) is 0.432. The maximum Gasteiger partial charge on any atom is 0.259 e. The molecule has 2 saturated heterocycles. The number of fused-ring (bicyclic) bond motifs is 1. The maximum absolute atomic E-state index is 14.2. The molecule has 50 heavy (non-hydrogen) atoms. The van der Waals surface area contributed by atoms with E-state index in [1.807, 2.05) is 24.0 Å². The Balaban J connectivity index is 1.02. The minimum absolute atomic E-state index is 0.109. The van der Waals surface area contributed by atoms with Crippen LogP contribution in [0.2, 0.25) is 0 Å². The topological polar surface area (TPSA) is 129 Å². The number of aromatic nitrogens is 6. The van der Waals surface area contributed by atoms with E-state index in [1.54, 1.807) is 24.5 Å². The van der Waals surface area contributed by atoms with E-state index < -0.39 is 11.2 Å². The van der Waals surface area contributed by atoms with Crippen LogP contribution in [0, 0.1) is 0 Å². The van der Waals surface area contributed by atoms with E-state index in [9.17, 15) is 9.35 Å². The molecule has 2 aliphatic heterocycles. The van der Waals surface area contributed by atoms with Crippen molar-refractivity contribution in [3.8, 4) is 5.69 Å². The number of anilines is 1. The van der Waals surface area contributed by atoms with Crippen molar-refractivity contribution in [3.63, 3.8) is 0 Å². The number of ether oxygens (including phenoxy) is 1. The van der Waals surface area contributed by atoms with Gasteiger partial charge in [-0.05, 0) is 96.6 Å². The van der Waals surface area contributed by atoms with Gasteiger partial charge in [0.25, 0.3) is 5.91 Å². The molecule has 13 heteroatoms. The molecule has 262 valence electrons. The highest BCUT2D eigenvalue weighted by molar-refractivity contribution is 7.90. The van der Waals surface area contributed by atoms with Crippen LogP contribution < -0.4 is 5.32 Å². The minimum Gasteiger partial charge on any atom is -0.612 e. The van der Waals surface area contributed by atoms with Crippen LogP contribution >= 0.6 is 0 Å². The van der Waals surface area contributed by atoms with Gasteiger partial charge in [0, 0.05) is 50.8 Å². The standard InChI is InChI=1S/C37H45N9O3S/c1-3-49-24-23-45-33-12-8-7-11-32(33)40-36(45)39-29-15-19-43(20-16-29)21-17-37(28-9-5-4-6-10-28)18-22-44(26-37)35(47)31-25-30(46-27-38-41-42-46)13-14-34(31)50(2)48/h4-14,25,27,29H,3,15-24,26H2,1-2H3,(H,39,40). The SMILES string of the molecule is CCOCCn1c(NC2CCN(CCC3(c4ccccc4)CCN(C(=O)c4cc(-n5cnnn5)ccc4[S+](C)[O-])C3)CC2)nc2ccccc21. The number of tetrazole rings is 1. The Morgan fingerprint density at radius 3 is 2.60 bits per heavy atom. The van der Waals surface area contributed by atoms with Crippen molar-refractivity contribution in [2.45, 2.75) is 55.5 Å². The number of imidazole rings is 1. The second-order valence-corrected chi connectivity index (χ2v) is 14.6. The summed E-state index contributed by atoms with van der Waals surface area (Å²) in [6.07, 6.45) is 6.98. The molecule has 2 fully saturated rings. The second kappa shape index (κ2) is 15.3. The van der Waals surface area contributed by atoms with Gasteiger partial charge in [0.2, 0.25) is 5.95 Å². The fourth-order valence-corrected chi connectivity index (χ4v) is 8.23. The summed E-state index contributed by atoms with van der Waals surface area (Å²) in [6, 6.07) is 24.6.